The molecule has 33 heavy (non-hydrogen) atoms. The van der Waals surface area contributed by atoms with Gasteiger partial charge in [0, 0.05) is 20.2 Å². The van der Waals surface area contributed by atoms with Crippen molar-refractivity contribution < 1.29 is 14.3 Å². The molecule has 2 unspecified atom stereocenters. The molecule has 1 aromatic heterocycles. The molecule has 0 spiro atoms. The molecule has 4 rings (SSSR count). The highest BCUT2D eigenvalue weighted by Crippen LogP contribution is 2.37. The molecule has 4 nitrogen and oxygen atoms in total. The van der Waals surface area contributed by atoms with Gasteiger partial charge in [0.2, 0.25) is 6.10 Å². The number of rotatable bonds is 7. The second-order valence-electron chi connectivity index (χ2n) is 7.99. The van der Waals surface area contributed by atoms with Crippen molar-refractivity contribution in [2.75, 3.05) is 0 Å². The lowest BCUT2D eigenvalue weighted by molar-refractivity contribution is -0.149. The fourth-order valence-electron chi connectivity index (χ4n) is 3.62. The first kappa shape index (κ1) is 22.8. The Hall–Kier alpha value is -3.33. The zero-order valence-corrected chi connectivity index (χ0v) is 19.8. The zero-order valence-electron chi connectivity index (χ0n) is 18.2. The molecule has 0 aliphatic rings. The highest BCUT2D eigenvalue weighted by molar-refractivity contribution is 7.19. The third-order valence-electron chi connectivity index (χ3n) is 5.22. The summed E-state index contributed by atoms with van der Waals surface area (Å²) in [4.78, 5) is 14.1. The van der Waals surface area contributed by atoms with Crippen LogP contribution in [0.4, 0.5) is 0 Å². The second kappa shape index (κ2) is 10.1. The van der Waals surface area contributed by atoms with Gasteiger partial charge in [-0.1, -0.05) is 61.8 Å². The number of hydrogen-bond donors (Lipinski definition) is 0. The third kappa shape index (κ3) is 5.36. The summed E-state index contributed by atoms with van der Waals surface area (Å²) in [6.07, 6.45) is -1.04. The molecule has 6 heteroatoms. The van der Waals surface area contributed by atoms with Crippen LogP contribution in [0.1, 0.15) is 36.3 Å². The van der Waals surface area contributed by atoms with E-state index in [0.717, 1.165) is 15.0 Å². The van der Waals surface area contributed by atoms with E-state index in [1.54, 1.807) is 24.3 Å². The van der Waals surface area contributed by atoms with Crippen molar-refractivity contribution in [3.05, 3.63) is 94.3 Å². The van der Waals surface area contributed by atoms with Crippen LogP contribution >= 0.6 is 22.9 Å². The minimum absolute atomic E-state index is 0.00637. The summed E-state index contributed by atoms with van der Waals surface area (Å²) in [7, 11) is 0. The second-order valence-corrected chi connectivity index (χ2v) is 9.54. The van der Waals surface area contributed by atoms with Gasteiger partial charge in [-0.05, 0) is 53.8 Å². The molecule has 0 radical (unpaired) electrons. The SMILES string of the molecule is CC(C)C(C(=O)OC(C#N)c1cccc(Oc2ccccc2)c1)c1cc2ccc(Cl)cc2s1. The molecule has 4 aromatic rings. The monoisotopic (exact) mass is 475 g/mol. The maximum atomic E-state index is 13.2. The highest BCUT2D eigenvalue weighted by atomic mass is 35.5. The van der Waals surface area contributed by atoms with Crippen molar-refractivity contribution in [2.24, 2.45) is 5.92 Å². The van der Waals surface area contributed by atoms with Crippen molar-refractivity contribution >= 4 is 39.0 Å². The number of ether oxygens (including phenoxy) is 2. The summed E-state index contributed by atoms with van der Waals surface area (Å²) in [6.45, 7) is 3.94. The Labute approximate surface area is 202 Å². The van der Waals surface area contributed by atoms with Crippen LogP contribution in [-0.4, -0.2) is 5.97 Å². The Morgan fingerprint density at radius 1 is 0.970 bits per heavy atom. The fourth-order valence-corrected chi connectivity index (χ4v) is 5.22. The number of thiophene rings is 1. The lowest BCUT2D eigenvalue weighted by atomic mass is 9.94. The molecule has 0 saturated heterocycles. The van der Waals surface area contributed by atoms with Gasteiger partial charge in [-0.15, -0.1) is 11.3 Å². The summed E-state index contributed by atoms with van der Waals surface area (Å²) in [5.41, 5.74) is 0.560. The fraction of sp³-hybridized carbons (Fsp3) is 0.185. The van der Waals surface area contributed by atoms with Crippen LogP contribution in [0.25, 0.3) is 10.1 Å². The first-order chi connectivity index (χ1) is 15.9. The Kier molecular flexibility index (Phi) is 6.98. The van der Waals surface area contributed by atoms with E-state index in [2.05, 4.69) is 6.07 Å². The summed E-state index contributed by atoms with van der Waals surface area (Å²) >= 11 is 7.64. The summed E-state index contributed by atoms with van der Waals surface area (Å²) in [5.74, 6) is 0.333. The number of nitriles is 1. The molecular weight excluding hydrogens is 454 g/mol. The van der Waals surface area contributed by atoms with Crippen LogP contribution in [0.15, 0.2) is 78.9 Å². The van der Waals surface area contributed by atoms with E-state index in [1.807, 2.05) is 68.4 Å². The van der Waals surface area contributed by atoms with Gasteiger partial charge in [-0.3, -0.25) is 4.79 Å². The maximum Gasteiger partial charge on any atom is 0.316 e. The number of nitrogens with zero attached hydrogens (tertiary/aromatic N) is 1. The van der Waals surface area contributed by atoms with Crippen LogP contribution in [0.3, 0.4) is 0 Å². The molecule has 0 saturated carbocycles. The molecule has 0 aliphatic heterocycles. The number of hydrogen-bond acceptors (Lipinski definition) is 5. The number of benzene rings is 3. The predicted molar refractivity (Wildman–Crippen MR) is 132 cm³/mol. The van der Waals surface area contributed by atoms with Crippen molar-refractivity contribution in [1.82, 2.24) is 0 Å². The van der Waals surface area contributed by atoms with Crippen LogP contribution in [0.5, 0.6) is 11.5 Å². The van der Waals surface area contributed by atoms with Gasteiger partial charge in [0.15, 0.2) is 0 Å². The van der Waals surface area contributed by atoms with Crippen molar-refractivity contribution in [3.63, 3.8) is 0 Å². The topological polar surface area (TPSA) is 59.3 Å². The normalized spacial score (nSPS) is 12.8. The lowest BCUT2D eigenvalue weighted by Gasteiger charge is -2.20. The van der Waals surface area contributed by atoms with Crippen LogP contribution in [-0.2, 0) is 9.53 Å². The molecular formula is C27H22ClNO3S. The van der Waals surface area contributed by atoms with Gasteiger partial charge in [0.25, 0.3) is 0 Å². The first-order valence-electron chi connectivity index (χ1n) is 10.6. The zero-order chi connectivity index (χ0) is 23.4. The standard InChI is InChI=1S/C27H22ClNO3S/c1-17(2)26(25-14-19-11-12-20(28)15-24(19)33-25)27(30)32-23(16-29)18-7-6-10-22(13-18)31-21-8-4-3-5-9-21/h3-15,17,23,26H,1-2H3. The number of para-hydroxylation sites is 1. The summed E-state index contributed by atoms with van der Waals surface area (Å²) < 4.78 is 12.6. The van der Waals surface area contributed by atoms with Gasteiger partial charge in [-0.25, -0.2) is 0 Å². The predicted octanol–water partition coefficient (Wildman–Crippen LogP) is 7.89. The van der Waals surface area contributed by atoms with Crippen molar-refractivity contribution in [1.29, 1.82) is 5.26 Å². The molecule has 1 heterocycles. The van der Waals surface area contributed by atoms with Gasteiger partial charge >= 0.3 is 5.97 Å². The van der Waals surface area contributed by atoms with Gasteiger partial charge in [0.05, 0.1) is 5.92 Å². The van der Waals surface area contributed by atoms with Crippen LogP contribution < -0.4 is 4.74 Å². The quantitative estimate of drug-likeness (QED) is 0.255. The maximum absolute atomic E-state index is 13.2. The smallest absolute Gasteiger partial charge is 0.316 e. The van der Waals surface area contributed by atoms with E-state index < -0.39 is 18.0 Å². The van der Waals surface area contributed by atoms with E-state index in [1.165, 1.54) is 11.3 Å². The van der Waals surface area contributed by atoms with E-state index >= 15 is 0 Å². The molecule has 166 valence electrons. The average molecular weight is 476 g/mol. The Morgan fingerprint density at radius 2 is 1.73 bits per heavy atom. The van der Waals surface area contributed by atoms with E-state index in [-0.39, 0.29) is 5.92 Å². The minimum Gasteiger partial charge on any atom is -0.457 e. The summed E-state index contributed by atoms with van der Waals surface area (Å²) in [5, 5.41) is 11.4. The molecule has 0 amide bonds. The van der Waals surface area contributed by atoms with E-state index in [0.29, 0.717) is 22.1 Å². The van der Waals surface area contributed by atoms with Gasteiger partial charge in [0.1, 0.15) is 17.6 Å². The average Bonchev–Trinajstić information content (AvgIpc) is 3.20. The van der Waals surface area contributed by atoms with Gasteiger partial charge < -0.3 is 9.47 Å². The lowest BCUT2D eigenvalue weighted by Crippen LogP contribution is -2.22. The number of fused-ring (bicyclic) bond motifs is 1. The van der Waals surface area contributed by atoms with Crippen molar-refractivity contribution in [3.8, 4) is 17.6 Å². The van der Waals surface area contributed by atoms with Crippen LogP contribution in [0, 0.1) is 17.2 Å². The molecule has 0 N–H and O–H groups in total. The van der Waals surface area contributed by atoms with E-state index in [4.69, 9.17) is 21.1 Å². The first-order valence-corrected chi connectivity index (χ1v) is 11.8. The molecule has 2 atom stereocenters. The molecule has 0 bridgehead atoms. The largest absolute Gasteiger partial charge is 0.457 e. The van der Waals surface area contributed by atoms with E-state index in [9.17, 15) is 10.1 Å². The van der Waals surface area contributed by atoms with Gasteiger partial charge in [-0.2, -0.15) is 5.26 Å². The molecule has 0 aliphatic carbocycles. The Balaban J connectivity index is 1.55. The number of halogens is 1. The summed E-state index contributed by atoms with van der Waals surface area (Å²) in [6, 6.07) is 26.2. The molecule has 0 fully saturated rings. The number of carbonyl (C=O) groups excluding carboxylic acids is 1. The minimum atomic E-state index is -1.04. The number of esters is 1. The highest BCUT2D eigenvalue weighted by Gasteiger charge is 2.30. The number of carbonyl (C=O) groups is 1. The third-order valence-corrected chi connectivity index (χ3v) is 6.64. The van der Waals surface area contributed by atoms with Crippen LogP contribution in [0.2, 0.25) is 5.02 Å². The Bertz CT molecular complexity index is 1310. The molecule has 3 aromatic carbocycles. The van der Waals surface area contributed by atoms with Crippen molar-refractivity contribution in [2.45, 2.75) is 25.9 Å². The Morgan fingerprint density at radius 3 is 2.45 bits per heavy atom.